The van der Waals surface area contributed by atoms with Crippen LogP contribution in [-0.4, -0.2) is 59.0 Å². The van der Waals surface area contributed by atoms with Gasteiger partial charge in [-0.05, 0) is 32.1 Å². The van der Waals surface area contributed by atoms with Crippen LogP contribution in [0.4, 0.5) is 0 Å². The van der Waals surface area contributed by atoms with E-state index < -0.39 is 10.0 Å². The van der Waals surface area contributed by atoms with Crippen molar-refractivity contribution in [3.05, 3.63) is 0 Å². The average Bonchev–Trinajstić information content (AvgIpc) is 2.51. The second-order valence-electron chi connectivity index (χ2n) is 6.20. The number of hydrogen-bond donors (Lipinski definition) is 3. The summed E-state index contributed by atoms with van der Waals surface area (Å²) in [7, 11) is -3.30. The lowest BCUT2D eigenvalue weighted by Crippen LogP contribution is -2.42. The van der Waals surface area contributed by atoms with Crippen LogP contribution < -0.4 is 15.4 Å². The number of nitrogens with one attached hydrogen (secondary N) is 3. The molecule has 1 aliphatic heterocycles. The maximum Gasteiger partial charge on any atom is 0.213 e. The van der Waals surface area contributed by atoms with Crippen molar-refractivity contribution < 1.29 is 13.2 Å². The monoisotopic (exact) mass is 476 g/mol. The molecule has 1 saturated heterocycles. The van der Waals surface area contributed by atoms with Crippen LogP contribution in [0.5, 0.6) is 0 Å². The highest BCUT2D eigenvalue weighted by molar-refractivity contribution is 14.0. The predicted molar refractivity (Wildman–Crippen MR) is 110 cm³/mol. The molecular formula is C15H33IN4O3S. The molecule has 0 saturated carbocycles. The smallest absolute Gasteiger partial charge is 0.213 e. The Balaban J connectivity index is 0.00000529. The van der Waals surface area contributed by atoms with Crippen LogP contribution >= 0.6 is 24.0 Å². The first-order chi connectivity index (χ1) is 10.9. The van der Waals surface area contributed by atoms with Gasteiger partial charge < -0.3 is 15.4 Å². The normalized spacial score (nSPS) is 19.0. The topological polar surface area (TPSA) is 91.8 Å². The predicted octanol–water partition coefficient (Wildman–Crippen LogP) is 1.30. The molecule has 0 aliphatic carbocycles. The van der Waals surface area contributed by atoms with Gasteiger partial charge in [0.1, 0.15) is 0 Å². The number of halogens is 1. The maximum atomic E-state index is 12.0. The number of nitrogens with zero attached hydrogens (tertiary/aromatic N) is 1. The summed E-state index contributed by atoms with van der Waals surface area (Å²) in [6, 6.07) is 0. The largest absolute Gasteiger partial charge is 0.377 e. The molecule has 1 unspecified atom stereocenters. The summed E-state index contributed by atoms with van der Waals surface area (Å²) in [6.45, 7) is 9.03. The van der Waals surface area contributed by atoms with Crippen molar-refractivity contribution in [2.24, 2.45) is 10.9 Å². The second-order valence-corrected chi connectivity index (χ2v) is 8.12. The lowest BCUT2D eigenvalue weighted by Gasteiger charge is -2.22. The third-order valence-corrected chi connectivity index (χ3v) is 4.77. The molecule has 1 aliphatic rings. The highest BCUT2D eigenvalue weighted by Crippen LogP contribution is 2.11. The minimum absolute atomic E-state index is 0. The Labute approximate surface area is 163 Å². The number of ether oxygens (including phenoxy) is 1. The van der Waals surface area contributed by atoms with Crippen LogP contribution in [0.15, 0.2) is 4.99 Å². The van der Waals surface area contributed by atoms with Crippen molar-refractivity contribution in [2.75, 3.05) is 38.5 Å². The van der Waals surface area contributed by atoms with E-state index in [1.54, 1.807) is 0 Å². The molecule has 1 heterocycles. The Kier molecular flexibility index (Phi) is 13.1. The zero-order valence-corrected chi connectivity index (χ0v) is 18.2. The molecule has 0 radical (unpaired) electrons. The van der Waals surface area contributed by atoms with Gasteiger partial charge in [-0.15, -0.1) is 24.0 Å². The summed E-state index contributed by atoms with van der Waals surface area (Å²) in [6.07, 6.45) is 3.10. The lowest BCUT2D eigenvalue weighted by atomic mass is 10.1. The molecule has 7 nitrogen and oxygen atoms in total. The van der Waals surface area contributed by atoms with Gasteiger partial charge in [-0.2, -0.15) is 0 Å². The van der Waals surface area contributed by atoms with Crippen molar-refractivity contribution in [3.63, 3.8) is 0 Å². The number of aliphatic imine (C=N–C) groups is 1. The van der Waals surface area contributed by atoms with Crippen molar-refractivity contribution in [2.45, 2.75) is 46.1 Å². The number of guanidine groups is 1. The fourth-order valence-electron chi connectivity index (χ4n) is 2.18. The first-order valence-electron chi connectivity index (χ1n) is 8.54. The summed E-state index contributed by atoms with van der Waals surface area (Å²) in [5, 5.41) is 6.17. The van der Waals surface area contributed by atoms with Gasteiger partial charge in [0.25, 0.3) is 0 Å². The molecule has 1 fully saturated rings. The fourth-order valence-corrected chi connectivity index (χ4v) is 3.13. The van der Waals surface area contributed by atoms with E-state index in [4.69, 9.17) is 4.74 Å². The van der Waals surface area contributed by atoms with Crippen molar-refractivity contribution >= 4 is 40.0 Å². The molecule has 9 heteroatoms. The van der Waals surface area contributed by atoms with Crippen LogP contribution in [0, 0.1) is 5.92 Å². The SMILES string of the molecule is CCNC(=NCC(C)C)NCCS(=O)(=O)NCC1CCCCO1.I. The van der Waals surface area contributed by atoms with E-state index in [9.17, 15) is 8.42 Å². The third kappa shape index (κ3) is 11.4. The Morgan fingerprint density at radius 2 is 2.04 bits per heavy atom. The number of rotatable bonds is 9. The molecule has 1 atom stereocenters. The molecule has 0 amide bonds. The molecule has 1 rings (SSSR count). The Hall–Kier alpha value is -0.130. The fraction of sp³-hybridized carbons (Fsp3) is 0.933. The van der Waals surface area contributed by atoms with Gasteiger partial charge in [0, 0.05) is 32.8 Å². The summed E-state index contributed by atoms with van der Waals surface area (Å²) in [4.78, 5) is 4.41. The van der Waals surface area contributed by atoms with E-state index in [-0.39, 0.29) is 35.8 Å². The van der Waals surface area contributed by atoms with Crippen molar-refractivity contribution in [3.8, 4) is 0 Å². The average molecular weight is 476 g/mol. The maximum absolute atomic E-state index is 12.0. The summed E-state index contributed by atoms with van der Waals surface area (Å²) < 4.78 is 32.2. The molecule has 0 spiro atoms. The molecule has 0 aromatic rings. The molecule has 0 aromatic heterocycles. The van der Waals surface area contributed by atoms with Gasteiger partial charge in [0.15, 0.2) is 5.96 Å². The minimum Gasteiger partial charge on any atom is -0.377 e. The number of sulfonamides is 1. The summed E-state index contributed by atoms with van der Waals surface area (Å²) in [5.74, 6) is 1.14. The van der Waals surface area contributed by atoms with Gasteiger partial charge in [-0.25, -0.2) is 13.1 Å². The Morgan fingerprint density at radius 3 is 2.62 bits per heavy atom. The number of hydrogen-bond acceptors (Lipinski definition) is 4. The van der Waals surface area contributed by atoms with E-state index in [0.717, 1.165) is 32.4 Å². The van der Waals surface area contributed by atoms with Crippen LogP contribution in [0.3, 0.4) is 0 Å². The van der Waals surface area contributed by atoms with Crippen molar-refractivity contribution in [1.29, 1.82) is 0 Å². The summed E-state index contributed by atoms with van der Waals surface area (Å²) in [5.41, 5.74) is 0. The molecule has 24 heavy (non-hydrogen) atoms. The van der Waals surface area contributed by atoms with E-state index in [0.29, 0.717) is 31.5 Å². The molecule has 144 valence electrons. The van der Waals surface area contributed by atoms with Crippen LogP contribution in [0.1, 0.15) is 40.0 Å². The molecule has 3 N–H and O–H groups in total. The van der Waals surface area contributed by atoms with Gasteiger partial charge in [0.05, 0.1) is 11.9 Å². The van der Waals surface area contributed by atoms with Crippen LogP contribution in [-0.2, 0) is 14.8 Å². The third-order valence-electron chi connectivity index (χ3n) is 3.43. The van der Waals surface area contributed by atoms with E-state index in [1.165, 1.54) is 0 Å². The highest BCUT2D eigenvalue weighted by Gasteiger charge is 2.17. The van der Waals surface area contributed by atoms with Gasteiger partial charge in [-0.1, -0.05) is 13.8 Å². The first kappa shape index (κ1) is 23.9. The van der Waals surface area contributed by atoms with Crippen LogP contribution in [0.2, 0.25) is 0 Å². The Bertz CT molecular complexity index is 452. The molecular weight excluding hydrogens is 443 g/mol. The van der Waals surface area contributed by atoms with Crippen molar-refractivity contribution in [1.82, 2.24) is 15.4 Å². The van der Waals surface area contributed by atoms with Gasteiger partial charge >= 0.3 is 0 Å². The zero-order valence-electron chi connectivity index (χ0n) is 15.0. The van der Waals surface area contributed by atoms with E-state index in [2.05, 4.69) is 34.2 Å². The van der Waals surface area contributed by atoms with E-state index >= 15 is 0 Å². The molecule has 0 bridgehead atoms. The van der Waals surface area contributed by atoms with Gasteiger partial charge in [-0.3, -0.25) is 4.99 Å². The Morgan fingerprint density at radius 1 is 1.29 bits per heavy atom. The zero-order chi connectivity index (χ0) is 17.1. The lowest BCUT2D eigenvalue weighted by molar-refractivity contribution is 0.0200. The minimum atomic E-state index is -3.30. The second kappa shape index (κ2) is 13.1. The quantitative estimate of drug-likeness (QED) is 0.265. The first-order valence-corrected chi connectivity index (χ1v) is 10.2. The van der Waals surface area contributed by atoms with E-state index in [1.807, 2.05) is 6.92 Å². The van der Waals surface area contributed by atoms with Gasteiger partial charge in [0.2, 0.25) is 10.0 Å². The summed E-state index contributed by atoms with van der Waals surface area (Å²) >= 11 is 0. The highest BCUT2D eigenvalue weighted by atomic mass is 127. The van der Waals surface area contributed by atoms with Crippen LogP contribution in [0.25, 0.3) is 0 Å². The standard InChI is InChI=1S/C15H32N4O3S.HI/c1-4-16-15(18-11-13(2)3)17-8-10-23(20,21)19-12-14-7-5-6-9-22-14;/h13-14,19H,4-12H2,1-3H3,(H2,16,17,18);1H. The molecule has 0 aromatic carbocycles.